The van der Waals surface area contributed by atoms with E-state index >= 15 is 0 Å². The number of Topliss-reactive ketones (excluding diaryl/α,β-unsaturated/α-hetero) is 1. The van der Waals surface area contributed by atoms with Gasteiger partial charge in [-0.05, 0) is 25.2 Å². The van der Waals surface area contributed by atoms with Crippen LogP contribution in [-0.4, -0.2) is 21.7 Å². The number of hydrogen-bond acceptors (Lipinski definition) is 3. The molecule has 0 aromatic carbocycles. The van der Waals surface area contributed by atoms with Crippen LogP contribution in [0.25, 0.3) is 0 Å². The highest BCUT2D eigenvalue weighted by Gasteiger charge is 2.66. The summed E-state index contributed by atoms with van der Waals surface area (Å²) in [5.74, 6) is -0.893. The summed E-state index contributed by atoms with van der Waals surface area (Å²) in [6, 6.07) is 0. The largest absolute Gasteiger partial charge is 0.481 e. The topological polar surface area (TPSA) is 54.4 Å². The van der Waals surface area contributed by atoms with E-state index in [9.17, 15) is 9.59 Å². The molecule has 1 atom stereocenters. The van der Waals surface area contributed by atoms with Crippen molar-refractivity contribution in [3.05, 3.63) is 0 Å². The molecule has 0 aliphatic heterocycles. The number of hydrogen-bond donors (Lipinski definition) is 1. The number of carboxylic acid groups (broad SMARTS) is 1. The van der Waals surface area contributed by atoms with Gasteiger partial charge in [-0.3, -0.25) is 9.59 Å². The summed E-state index contributed by atoms with van der Waals surface area (Å²) >= 11 is 4.75. The normalized spacial score (nSPS) is 27.1. The molecule has 4 heteroatoms. The van der Waals surface area contributed by atoms with E-state index in [1.807, 2.05) is 13.8 Å². The minimum Gasteiger partial charge on any atom is -0.481 e. The summed E-state index contributed by atoms with van der Waals surface area (Å²) < 4.78 is 0. The smallest absolute Gasteiger partial charge is 0.310 e. The van der Waals surface area contributed by atoms with Crippen molar-refractivity contribution >= 4 is 28.8 Å². The zero-order chi connectivity index (χ0) is 11.9. The maximum atomic E-state index is 11.3. The van der Waals surface area contributed by atoms with Gasteiger partial charge in [-0.15, -0.1) is 0 Å². The Kier molecular flexibility index (Phi) is 3.01. The van der Waals surface area contributed by atoms with Crippen molar-refractivity contribution in [1.29, 1.82) is 0 Å². The Morgan fingerprint density at radius 1 is 1.40 bits per heavy atom. The molecule has 1 fully saturated rings. The summed E-state index contributed by atoms with van der Waals surface area (Å²) in [6.07, 6.45) is 1.31. The third-order valence-corrected chi connectivity index (χ3v) is 3.72. The second kappa shape index (κ2) is 3.67. The van der Waals surface area contributed by atoms with Gasteiger partial charge >= 0.3 is 5.97 Å². The van der Waals surface area contributed by atoms with Gasteiger partial charge in [0.1, 0.15) is 0 Å². The average molecular weight is 228 g/mol. The molecule has 1 aliphatic carbocycles. The minimum absolute atomic E-state index is 0.103. The van der Waals surface area contributed by atoms with Crippen LogP contribution in [0.1, 0.15) is 40.0 Å². The van der Waals surface area contributed by atoms with E-state index < -0.39 is 11.4 Å². The van der Waals surface area contributed by atoms with Crippen LogP contribution in [-0.2, 0) is 9.59 Å². The van der Waals surface area contributed by atoms with Crippen LogP contribution in [0.5, 0.6) is 0 Å². The van der Waals surface area contributed by atoms with Crippen LogP contribution in [0.15, 0.2) is 0 Å². The average Bonchev–Trinajstić information content (AvgIpc) is 2.65. The molecule has 84 valence electrons. The molecular weight excluding hydrogens is 212 g/mol. The van der Waals surface area contributed by atoms with Crippen LogP contribution in [0.4, 0.5) is 0 Å². The molecule has 0 spiro atoms. The number of carboxylic acids is 1. The summed E-state index contributed by atoms with van der Waals surface area (Å²) in [7, 11) is 0. The van der Waals surface area contributed by atoms with Gasteiger partial charge in [0.2, 0.25) is 0 Å². The van der Waals surface area contributed by atoms with Crippen molar-refractivity contribution in [2.45, 2.75) is 40.0 Å². The van der Waals surface area contributed by atoms with Crippen molar-refractivity contribution in [2.24, 2.45) is 10.8 Å². The maximum absolute atomic E-state index is 11.3. The Bertz CT molecular complexity index is 333. The van der Waals surface area contributed by atoms with Crippen LogP contribution in [0, 0.1) is 10.8 Å². The predicted molar refractivity (Wildman–Crippen MR) is 61.0 cm³/mol. The summed E-state index contributed by atoms with van der Waals surface area (Å²) in [5, 5.41) is 9.15. The van der Waals surface area contributed by atoms with Gasteiger partial charge in [-0.25, -0.2) is 0 Å². The molecule has 0 bridgehead atoms. The fourth-order valence-electron chi connectivity index (χ4n) is 2.11. The molecule has 1 saturated carbocycles. The van der Waals surface area contributed by atoms with E-state index in [0.29, 0.717) is 17.7 Å². The number of carbonyl (C=O) groups excluding carboxylic acids is 1. The maximum Gasteiger partial charge on any atom is 0.310 e. The molecule has 1 aliphatic rings. The Morgan fingerprint density at radius 3 is 2.13 bits per heavy atom. The molecular formula is C11H16O3S. The lowest BCUT2D eigenvalue weighted by Crippen LogP contribution is -2.23. The predicted octanol–water partition coefficient (Wildman–Crippen LogP) is 2.23. The Morgan fingerprint density at radius 2 is 1.87 bits per heavy atom. The zero-order valence-electron chi connectivity index (χ0n) is 9.29. The fraction of sp³-hybridized carbons (Fsp3) is 0.727. The van der Waals surface area contributed by atoms with Crippen molar-refractivity contribution in [2.75, 3.05) is 0 Å². The molecule has 3 nitrogen and oxygen atoms in total. The standard InChI is InChI=1S/C11H16O3S/c1-7(15)8(12)4-5-11(9(13)14)6-10(11,2)3/h4-6H2,1-3H3,(H,13,14). The molecule has 1 rings (SSSR count). The quantitative estimate of drug-likeness (QED) is 0.733. The number of aliphatic carboxylic acids is 1. The summed E-state index contributed by atoms with van der Waals surface area (Å²) in [6.45, 7) is 5.44. The lowest BCUT2D eigenvalue weighted by atomic mass is 9.90. The lowest BCUT2D eigenvalue weighted by Gasteiger charge is -2.14. The van der Waals surface area contributed by atoms with Gasteiger partial charge < -0.3 is 5.11 Å². The van der Waals surface area contributed by atoms with Crippen LogP contribution >= 0.6 is 12.2 Å². The minimum atomic E-state index is -0.790. The van der Waals surface area contributed by atoms with E-state index in [2.05, 4.69) is 0 Å². The van der Waals surface area contributed by atoms with E-state index in [1.54, 1.807) is 6.92 Å². The number of ketones is 1. The second-order valence-corrected chi connectivity index (χ2v) is 5.54. The third-order valence-electron chi connectivity index (χ3n) is 3.50. The highest BCUT2D eigenvalue weighted by molar-refractivity contribution is 7.82. The van der Waals surface area contributed by atoms with Gasteiger partial charge in [-0.2, -0.15) is 0 Å². The van der Waals surface area contributed by atoms with E-state index in [4.69, 9.17) is 17.3 Å². The second-order valence-electron chi connectivity index (χ2n) is 4.93. The molecule has 0 amide bonds. The van der Waals surface area contributed by atoms with Gasteiger partial charge in [0.15, 0.2) is 5.78 Å². The highest BCUT2D eigenvalue weighted by Crippen LogP contribution is 2.66. The van der Waals surface area contributed by atoms with Crippen molar-refractivity contribution in [3.8, 4) is 0 Å². The van der Waals surface area contributed by atoms with Crippen molar-refractivity contribution in [1.82, 2.24) is 0 Å². The summed E-state index contributed by atoms with van der Waals surface area (Å²) in [5.41, 5.74) is -0.887. The van der Waals surface area contributed by atoms with Gasteiger partial charge in [-0.1, -0.05) is 26.1 Å². The molecule has 0 heterocycles. The third kappa shape index (κ3) is 2.09. The first-order valence-electron chi connectivity index (χ1n) is 5.00. The first-order chi connectivity index (χ1) is 6.73. The first kappa shape index (κ1) is 12.3. The van der Waals surface area contributed by atoms with Crippen LogP contribution < -0.4 is 0 Å². The van der Waals surface area contributed by atoms with Gasteiger partial charge in [0, 0.05) is 6.42 Å². The fourth-order valence-corrected chi connectivity index (χ4v) is 2.21. The number of carbonyl (C=O) groups is 2. The molecule has 0 aromatic heterocycles. The Labute approximate surface area is 94.9 Å². The molecule has 0 aromatic rings. The molecule has 0 radical (unpaired) electrons. The van der Waals surface area contributed by atoms with Crippen LogP contribution in [0.2, 0.25) is 0 Å². The van der Waals surface area contributed by atoms with Crippen molar-refractivity contribution < 1.29 is 14.7 Å². The van der Waals surface area contributed by atoms with E-state index in [-0.39, 0.29) is 17.6 Å². The molecule has 0 saturated heterocycles. The van der Waals surface area contributed by atoms with Crippen molar-refractivity contribution in [3.63, 3.8) is 0 Å². The van der Waals surface area contributed by atoms with Gasteiger partial charge in [0.25, 0.3) is 0 Å². The SMILES string of the molecule is CC(=S)C(=O)CCC1(C(=O)O)CC1(C)C. The summed E-state index contributed by atoms with van der Waals surface area (Å²) in [4.78, 5) is 22.8. The van der Waals surface area contributed by atoms with E-state index in [0.717, 1.165) is 0 Å². The Hall–Kier alpha value is -0.770. The number of rotatable bonds is 5. The monoisotopic (exact) mass is 228 g/mol. The zero-order valence-corrected chi connectivity index (χ0v) is 10.1. The highest BCUT2D eigenvalue weighted by atomic mass is 32.1. The Balaban J connectivity index is 2.62. The first-order valence-corrected chi connectivity index (χ1v) is 5.41. The number of thiocarbonyl (C=S) groups is 1. The van der Waals surface area contributed by atoms with E-state index in [1.165, 1.54) is 0 Å². The lowest BCUT2D eigenvalue weighted by molar-refractivity contribution is -0.145. The van der Waals surface area contributed by atoms with Crippen LogP contribution in [0.3, 0.4) is 0 Å². The molecule has 1 unspecified atom stereocenters. The molecule has 15 heavy (non-hydrogen) atoms. The molecule has 1 N–H and O–H groups in total. The van der Waals surface area contributed by atoms with Gasteiger partial charge in [0.05, 0.1) is 10.3 Å².